The van der Waals surface area contributed by atoms with Gasteiger partial charge in [-0.1, -0.05) is 73.9 Å². The molecule has 4 N–H and O–H groups in total. The Morgan fingerprint density at radius 3 is 2.08 bits per heavy atom. The van der Waals surface area contributed by atoms with Gasteiger partial charge < -0.3 is 45.1 Å². The molecule has 5 amide bonds. The summed E-state index contributed by atoms with van der Waals surface area (Å²) in [6.07, 6.45) is -3.36. The molecule has 71 heavy (non-hydrogen) atoms. The fraction of sp³-hybridized carbons (Fsp3) is 0.720. The van der Waals surface area contributed by atoms with Crippen molar-refractivity contribution in [2.24, 2.45) is 29.6 Å². The first-order valence-electron chi connectivity index (χ1n) is 24.7. The van der Waals surface area contributed by atoms with Crippen molar-refractivity contribution >= 4 is 57.3 Å². The number of carbonyl (C=O) groups is 8. The third-order valence-electron chi connectivity index (χ3n) is 13.4. The second-order valence-electron chi connectivity index (χ2n) is 20.4. The van der Waals surface area contributed by atoms with Crippen molar-refractivity contribution in [3.63, 3.8) is 0 Å². The molecule has 2 heterocycles. The highest BCUT2D eigenvalue weighted by molar-refractivity contribution is 7.88. The maximum atomic E-state index is 14.8. The van der Waals surface area contributed by atoms with Crippen LogP contribution in [-0.4, -0.2) is 163 Å². The van der Waals surface area contributed by atoms with E-state index in [-0.39, 0.29) is 44.1 Å². The Labute approximate surface area is 420 Å². The number of ether oxygens (including phenoxy) is 3. The van der Waals surface area contributed by atoms with Gasteiger partial charge in [0.1, 0.15) is 42.1 Å². The summed E-state index contributed by atoms with van der Waals surface area (Å²) >= 11 is 0. The average Bonchev–Trinajstić information content (AvgIpc) is 3.79. The number of cyclic esters (lactones) is 2. The van der Waals surface area contributed by atoms with Gasteiger partial charge in [0.15, 0.2) is 11.9 Å². The van der Waals surface area contributed by atoms with Gasteiger partial charge in [-0.05, 0) is 80.9 Å². The number of fused-ring (bicyclic) bond motifs is 1. The van der Waals surface area contributed by atoms with E-state index in [0.717, 1.165) is 10.6 Å². The SMILES string of the molecule is CC[C@H](C)[C@H]1NC(=O)[C@H](NC(=O)[C@@H](CC(C)C)N(C)S(C)(=O)=O)[C@@H](C)OC(=O)[C@H](Cc2ccc(OC)cc2)N(C)C(=O)[C@@H]2CCCN2C(=O)[C@H](CC(C)C)NC(=O)[C@@H](C)C(=O)[C@H](C(C)C)OC(=O)C[C@@H]1O. The predicted molar refractivity (Wildman–Crippen MR) is 264 cm³/mol. The molecule has 2 aliphatic rings. The Balaban J connectivity index is 2.29. The topological polar surface area (TPSA) is 264 Å². The van der Waals surface area contributed by atoms with E-state index in [1.54, 1.807) is 65.8 Å². The van der Waals surface area contributed by atoms with E-state index in [9.17, 15) is 51.9 Å². The molecule has 2 aliphatic heterocycles. The van der Waals surface area contributed by atoms with Gasteiger partial charge in [0.2, 0.25) is 39.6 Å². The molecule has 20 nitrogen and oxygen atoms in total. The van der Waals surface area contributed by atoms with E-state index in [1.807, 2.05) is 13.8 Å². The number of amides is 5. The summed E-state index contributed by atoms with van der Waals surface area (Å²) in [6.45, 7) is 16.8. The largest absolute Gasteiger partial charge is 0.497 e. The van der Waals surface area contributed by atoms with Gasteiger partial charge >= 0.3 is 11.9 Å². The summed E-state index contributed by atoms with van der Waals surface area (Å²) in [5, 5.41) is 19.8. The molecule has 0 saturated carbocycles. The zero-order valence-corrected chi connectivity index (χ0v) is 44.9. The quantitative estimate of drug-likeness (QED) is 0.154. The van der Waals surface area contributed by atoms with Crippen LogP contribution in [0.25, 0.3) is 0 Å². The molecule has 0 aliphatic carbocycles. The van der Waals surface area contributed by atoms with Gasteiger partial charge in [0.25, 0.3) is 0 Å². The second kappa shape index (κ2) is 26.5. The first-order chi connectivity index (χ1) is 33.0. The van der Waals surface area contributed by atoms with Crippen molar-refractivity contribution in [1.82, 2.24) is 30.1 Å². The highest BCUT2D eigenvalue weighted by Gasteiger charge is 2.45. The summed E-state index contributed by atoms with van der Waals surface area (Å²) in [6, 6.07) is -1.20. The molecule has 11 atom stereocenters. The van der Waals surface area contributed by atoms with Gasteiger partial charge in [-0.25, -0.2) is 13.2 Å². The van der Waals surface area contributed by atoms with E-state index < -0.39 is 136 Å². The number of hydrogen-bond donors (Lipinski definition) is 4. The number of nitrogens with one attached hydrogen (secondary N) is 3. The number of aliphatic hydroxyl groups excluding tert-OH is 1. The molecule has 0 unspecified atom stereocenters. The normalized spacial score (nSPS) is 27.3. The van der Waals surface area contributed by atoms with Crippen LogP contribution in [0.2, 0.25) is 0 Å². The molecule has 0 radical (unpaired) electrons. The Morgan fingerprint density at radius 2 is 1.55 bits per heavy atom. The average molecular weight is 1020 g/mol. The van der Waals surface area contributed by atoms with E-state index in [1.165, 1.54) is 44.9 Å². The number of Topliss-reactive ketones (excluding diaryl/α,β-unsaturated/α-hetero) is 1. The zero-order chi connectivity index (χ0) is 53.8. The van der Waals surface area contributed by atoms with Crippen LogP contribution in [0.15, 0.2) is 24.3 Å². The summed E-state index contributed by atoms with van der Waals surface area (Å²) in [7, 11) is 0.148. The fourth-order valence-electron chi connectivity index (χ4n) is 8.81. The number of ketones is 1. The predicted octanol–water partition coefficient (Wildman–Crippen LogP) is 2.38. The molecule has 1 aromatic rings. The van der Waals surface area contributed by atoms with Crippen molar-refractivity contribution in [3.8, 4) is 5.75 Å². The molecule has 21 heteroatoms. The summed E-state index contributed by atoms with van der Waals surface area (Å²) in [4.78, 5) is 117. The van der Waals surface area contributed by atoms with E-state index in [0.29, 0.717) is 24.2 Å². The van der Waals surface area contributed by atoms with Gasteiger partial charge in [-0.15, -0.1) is 0 Å². The number of nitrogens with zero attached hydrogens (tertiary/aromatic N) is 3. The van der Waals surface area contributed by atoms with Crippen molar-refractivity contribution < 1.29 is 66.1 Å². The summed E-state index contributed by atoms with van der Waals surface area (Å²) < 4.78 is 43.5. The van der Waals surface area contributed by atoms with Gasteiger partial charge in [0.05, 0.1) is 37.9 Å². The molecule has 0 aromatic heterocycles. The smallest absolute Gasteiger partial charge is 0.329 e. The van der Waals surface area contributed by atoms with Crippen LogP contribution >= 0.6 is 0 Å². The number of benzene rings is 1. The third-order valence-corrected chi connectivity index (χ3v) is 14.8. The minimum absolute atomic E-state index is 0.0346. The highest BCUT2D eigenvalue weighted by Crippen LogP contribution is 2.26. The number of carbonyl (C=O) groups excluding carboxylic acids is 8. The number of rotatable bonds is 14. The Morgan fingerprint density at radius 1 is 0.930 bits per heavy atom. The van der Waals surface area contributed by atoms with Crippen LogP contribution in [0.3, 0.4) is 0 Å². The first-order valence-corrected chi connectivity index (χ1v) is 26.5. The molecule has 1 aromatic carbocycles. The molecular formula is C50H80N6O14S. The minimum Gasteiger partial charge on any atom is -0.497 e. The molecule has 0 bridgehead atoms. The van der Waals surface area contributed by atoms with Crippen molar-refractivity contribution in [3.05, 3.63) is 29.8 Å². The van der Waals surface area contributed by atoms with Gasteiger partial charge in [-0.2, -0.15) is 4.31 Å². The first kappa shape index (κ1) is 60.2. The van der Waals surface area contributed by atoms with E-state index in [2.05, 4.69) is 16.0 Å². The lowest BCUT2D eigenvalue weighted by Gasteiger charge is -2.35. The van der Waals surface area contributed by atoms with Crippen LogP contribution in [0.1, 0.15) is 113 Å². The van der Waals surface area contributed by atoms with Crippen LogP contribution in [0.4, 0.5) is 0 Å². The van der Waals surface area contributed by atoms with Crippen LogP contribution in [0.5, 0.6) is 5.75 Å². The van der Waals surface area contributed by atoms with Crippen LogP contribution in [-0.2, 0) is 64.3 Å². The number of sulfonamides is 1. The van der Waals surface area contributed by atoms with Crippen molar-refractivity contribution in [2.45, 2.75) is 169 Å². The van der Waals surface area contributed by atoms with Gasteiger partial charge in [-0.3, -0.25) is 33.6 Å². The monoisotopic (exact) mass is 1020 g/mol. The second-order valence-corrected chi connectivity index (χ2v) is 22.5. The van der Waals surface area contributed by atoms with Crippen LogP contribution in [0, 0.1) is 29.6 Å². The summed E-state index contributed by atoms with van der Waals surface area (Å²) in [5.41, 5.74) is 0.576. The molecule has 400 valence electrons. The third kappa shape index (κ3) is 16.4. The minimum atomic E-state index is -3.96. The lowest BCUT2D eigenvalue weighted by Crippen LogP contribution is -2.61. The molecule has 2 fully saturated rings. The fourth-order valence-corrected chi connectivity index (χ4v) is 9.46. The Bertz CT molecular complexity index is 2150. The Hall–Kier alpha value is -5.15. The van der Waals surface area contributed by atoms with E-state index >= 15 is 0 Å². The maximum absolute atomic E-state index is 14.8. The van der Waals surface area contributed by atoms with Crippen molar-refractivity contribution in [2.75, 3.05) is 34.0 Å². The van der Waals surface area contributed by atoms with Crippen molar-refractivity contribution in [1.29, 1.82) is 0 Å². The number of methoxy groups -OCH3 is 1. The molecule has 0 spiro atoms. The highest BCUT2D eigenvalue weighted by atomic mass is 32.2. The maximum Gasteiger partial charge on any atom is 0.329 e. The molecule has 2 saturated heterocycles. The number of esters is 2. The Kier molecular flexibility index (Phi) is 22.5. The lowest BCUT2D eigenvalue weighted by molar-refractivity contribution is -0.163. The standard InChI is InChI=1S/C50H80N6O14S/c1-15-30(8)41-39(57)26-40(58)70-44(29(6)7)43(59)31(9)45(60)51-35(23-27(2)3)48(63)56-22-16-17-36(56)49(64)54(11)38(25-33-18-20-34(68-13)21-19-33)50(65)69-32(10)42(47(62)52-41)53-46(61)37(24-28(4)5)55(12)71(14,66)67/h18-21,27-32,35-39,41-42,44,57H,15-17,22-26H2,1-14H3,(H,51,60)(H,52,62)(H,53,61)/t30-,31-,32+,35-,36-,37+,38-,39-,41+,42+,44-/m0/s1. The number of likely N-dealkylation sites (N-methyl/N-ethyl adjacent to an activating group) is 2. The molecule has 3 rings (SSSR count). The number of hydrogen-bond acceptors (Lipinski definition) is 14. The lowest BCUT2D eigenvalue weighted by atomic mass is 9.91. The van der Waals surface area contributed by atoms with E-state index in [4.69, 9.17) is 14.2 Å². The zero-order valence-electron chi connectivity index (χ0n) is 44.1. The molecular weight excluding hydrogens is 941 g/mol. The summed E-state index contributed by atoms with van der Waals surface area (Å²) in [5.74, 6) is -9.02. The number of aliphatic hydroxyl groups is 1. The van der Waals surface area contributed by atoms with Gasteiger partial charge in [0, 0.05) is 27.1 Å². The van der Waals surface area contributed by atoms with Crippen LogP contribution < -0.4 is 20.7 Å².